The maximum Gasteiger partial charge on any atom is 0.128 e. The molecule has 0 bridgehead atoms. The molecule has 2 aromatic rings. The highest BCUT2D eigenvalue weighted by atomic mass is 15.6. The minimum absolute atomic E-state index is 0.285. The Morgan fingerprint density at radius 2 is 1.66 bits per heavy atom. The van der Waals surface area contributed by atoms with Crippen molar-refractivity contribution in [3.8, 4) is 6.07 Å². The number of hydrogen-bond donors (Lipinski definition) is 0. The van der Waals surface area contributed by atoms with E-state index in [4.69, 9.17) is 0 Å². The summed E-state index contributed by atoms with van der Waals surface area (Å²) in [5.41, 5.74) is 5.24. The molecular formula is C26H32N6. The van der Waals surface area contributed by atoms with Gasteiger partial charge in [0.1, 0.15) is 18.2 Å². The van der Waals surface area contributed by atoms with Crippen molar-refractivity contribution >= 4 is 23.4 Å². The standard InChI is InChI=1S/C26H32N6/c1-5-20(3)32-21(4)31(19-28-32)25-11-12-26(23(17-25)18-27)30-15-13-29(14-16-30)24-9-7-22(6-2)8-10-24/h7-12,17,19-20H,4-6,13-16H2,1-3H3. The molecule has 4 rings (SSSR count). The lowest BCUT2D eigenvalue weighted by atomic mass is 10.1. The molecule has 1 unspecified atom stereocenters. The molecule has 6 nitrogen and oxygen atoms in total. The van der Waals surface area contributed by atoms with E-state index >= 15 is 0 Å². The fourth-order valence-corrected chi connectivity index (χ4v) is 4.29. The first kappa shape index (κ1) is 21.8. The van der Waals surface area contributed by atoms with E-state index in [1.165, 1.54) is 11.3 Å². The van der Waals surface area contributed by atoms with Crippen LogP contribution in [0.15, 0.2) is 60.0 Å². The van der Waals surface area contributed by atoms with Crippen LogP contribution in [0.3, 0.4) is 0 Å². The number of aryl methyl sites for hydroxylation is 1. The van der Waals surface area contributed by atoms with E-state index in [0.29, 0.717) is 5.56 Å². The SMILES string of the molecule is C=C1N(c2ccc(N3CCN(c4ccc(CC)cc4)CC3)c(C#N)c2)C=NN1C(C)CC. The lowest BCUT2D eigenvalue weighted by Gasteiger charge is -2.38. The van der Waals surface area contributed by atoms with Crippen LogP contribution in [0.5, 0.6) is 0 Å². The second kappa shape index (κ2) is 9.35. The van der Waals surface area contributed by atoms with Crippen LogP contribution in [-0.2, 0) is 6.42 Å². The molecule has 1 atom stereocenters. The van der Waals surface area contributed by atoms with E-state index in [1.54, 1.807) is 6.34 Å². The molecule has 2 aliphatic rings. The van der Waals surface area contributed by atoms with Crippen molar-refractivity contribution in [1.82, 2.24) is 5.01 Å². The summed E-state index contributed by atoms with van der Waals surface area (Å²) in [6.07, 6.45) is 3.84. The smallest absolute Gasteiger partial charge is 0.128 e. The summed E-state index contributed by atoms with van der Waals surface area (Å²) in [4.78, 5) is 6.69. The van der Waals surface area contributed by atoms with E-state index in [0.717, 1.165) is 56.2 Å². The molecule has 1 fully saturated rings. The van der Waals surface area contributed by atoms with Crippen LogP contribution in [0, 0.1) is 11.3 Å². The maximum absolute atomic E-state index is 9.87. The minimum Gasteiger partial charge on any atom is -0.368 e. The number of hydrazone groups is 1. The first-order valence-electron chi connectivity index (χ1n) is 11.5. The first-order valence-corrected chi connectivity index (χ1v) is 11.5. The molecule has 2 heterocycles. The molecule has 6 heteroatoms. The highest BCUT2D eigenvalue weighted by molar-refractivity contribution is 5.86. The second-order valence-electron chi connectivity index (χ2n) is 8.43. The number of benzene rings is 2. The molecule has 0 aromatic heterocycles. The van der Waals surface area contributed by atoms with Gasteiger partial charge in [-0.3, -0.25) is 4.90 Å². The van der Waals surface area contributed by atoms with Gasteiger partial charge in [0.25, 0.3) is 0 Å². The van der Waals surface area contributed by atoms with Gasteiger partial charge in [-0.25, -0.2) is 5.01 Å². The van der Waals surface area contributed by atoms with Gasteiger partial charge in [-0.2, -0.15) is 10.4 Å². The predicted molar refractivity (Wildman–Crippen MR) is 133 cm³/mol. The summed E-state index contributed by atoms with van der Waals surface area (Å²) in [6, 6.07) is 17.6. The van der Waals surface area contributed by atoms with Gasteiger partial charge in [-0.05, 0) is 55.7 Å². The zero-order chi connectivity index (χ0) is 22.7. The fraction of sp³-hybridized carbons (Fsp3) is 0.385. The van der Waals surface area contributed by atoms with Gasteiger partial charge in [0.2, 0.25) is 0 Å². The number of anilines is 3. The van der Waals surface area contributed by atoms with E-state index in [1.807, 2.05) is 16.0 Å². The Kier molecular flexibility index (Phi) is 6.36. The highest BCUT2D eigenvalue weighted by Gasteiger charge is 2.26. The quantitative estimate of drug-likeness (QED) is 0.663. The number of hydrogen-bond acceptors (Lipinski definition) is 6. The topological polar surface area (TPSA) is 49.1 Å². The van der Waals surface area contributed by atoms with Gasteiger partial charge in [-0.15, -0.1) is 0 Å². The van der Waals surface area contributed by atoms with Crippen LogP contribution < -0.4 is 14.7 Å². The third-order valence-corrected chi connectivity index (χ3v) is 6.55. The number of nitriles is 1. The Labute approximate surface area is 191 Å². The van der Waals surface area contributed by atoms with Crippen LogP contribution in [0.1, 0.15) is 38.3 Å². The van der Waals surface area contributed by atoms with Gasteiger partial charge in [-0.1, -0.05) is 32.6 Å². The van der Waals surface area contributed by atoms with E-state index in [-0.39, 0.29) is 6.04 Å². The predicted octanol–water partition coefficient (Wildman–Crippen LogP) is 4.78. The van der Waals surface area contributed by atoms with Crippen molar-refractivity contribution in [3.63, 3.8) is 0 Å². The Balaban J connectivity index is 1.46. The van der Waals surface area contributed by atoms with Crippen molar-refractivity contribution in [2.75, 3.05) is 40.9 Å². The first-order chi connectivity index (χ1) is 15.5. The van der Waals surface area contributed by atoms with Crippen LogP contribution >= 0.6 is 0 Å². The van der Waals surface area contributed by atoms with Crippen molar-refractivity contribution < 1.29 is 0 Å². The number of piperazine rings is 1. The summed E-state index contributed by atoms with van der Waals surface area (Å²) < 4.78 is 0. The van der Waals surface area contributed by atoms with Crippen LogP contribution in [0.4, 0.5) is 17.1 Å². The zero-order valence-electron chi connectivity index (χ0n) is 19.3. The highest BCUT2D eigenvalue weighted by Crippen LogP contribution is 2.31. The van der Waals surface area contributed by atoms with Gasteiger partial charge < -0.3 is 9.80 Å². The minimum atomic E-state index is 0.285. The Morgan fingerprint density at radius 1 is 1.00 bits per heavy atom. The molecule has 0 N–H and O–H groups in total. The van der Waals surface area contributed by atoms with E-state index in [9.17, 15) is 5.26 Å². The molecule has 2 aliphatic heterocycles. The van der Waals surface area contributed by atoms with Crippen LogP contribution in [0.25, 0.3) is 0 Å². The summed E-state index contributed by atoms with van der Waals surface area (Å²) in [7, 11) is 0. The Bertz CT molecular complexity index is 1030. The molecular weight excluding hydrogens is 396 g/mol. The summed E-state index contributed by atoms with van der Waals surface area (Å²) in [5.74, 6) is 0.818. The average molecular weight is 429 g/mol. The van der Waals surface area contributed by atoms with Crippen molar-refractivity contribution in [3.05, 3.63) is 66.0 Å². The number of nitrogens with zero attached hydrogens (tertiary/aromatic N) is 6. The monoisotopic (exact) mass is 428 g/mol. The van der Waals surface area contributed by atoms with Gasteiger partial charge >= 0.3 is 0 Å². The summed E-state index contributed by atoms with van der Waals surface area (Å²) in [6.45, 7) is 14.3. The molecule has 0 radical (unpaired) electrons. The lowest BCUT2D eigenvalue weighted by molar-refractivity contribution is 0.286. The third kappa shape index (κ3) is 4.16. The zero-order valence-corrected chi connectivity index (χ0v) is 19.3. The largest absolute Gasteiger partial charge is 0.368 e. The van der Waals surface area contributed by atoms with E-state index < -0.39 is 0 Å². The van der Waals surface area contributed by atoms with Gasteiger partial charge in [0.15, 0.2) is 0 Å². The Hall–Kier alpha value is -3.46. The van der Waals surface area contributed by atoms with Crippen molar-refractivity contribution in [2.24, 2.45) is 5.10 Å². The van der Waals surface area contributed by atoms with Crippen molar-refractivity contribution in [1.29, 1.82) is 5.26 Å². The van der Waals surface area contributed by atoms with E-state index in [2.05, 4.69) is 84.7 Å². The van der Waals surface area contributed by atoms with Crippen LogP contribution in [-0.4, -0.2) is 43.6 Å². The fourth-order valence-electron chi connectivity index (χ4n) is 4.29. The summed E-state index contributed by atoms with van der Waals surface area (Å²) >= 11 is 0. The average Bonchev–Trinajstić information content (AvgIpc) is 3.24. The molecule has 2 aromatic carbocycles. The Morgan fingerprint density at radius 3 is 2.28 bits per heavy atom. The van der Waals surface area contributed by atoms with Crippen molar-refractivity contribution in [2.45, 2.75) is 39.7 Å². The molecule has 0 aliphatic carbocycles. The molecule has 0 saturated carbocycles. The van der Waals surface area contributed by atoms with Gasteiger partial charge in [0, 0.05) is 37.6 Å². The molecule has 1 saturated heterocycles. The maximum atomic E-state index is 9.87. The molecule has 32 heavy (non-hydrogen) atoms. The molecule has 166 valence electrons. The summed E-state index contributed by atoms with van der Waals surface area (Å²) in [5, 5.41) is 16.3. The normalized spacial score (nSPS) is 17.1. The molecule has 0 spiro atoms. The van der Waals surface area contributed by atoms with Gasteiger partial charge in [0.05, 0.1) is 17.3 Å². The second-order valence-corrected chi connectivity index (χ2v) is 8.43. The lowest BCUT2D eigenvalue weighted by Crippen LogP contribution is -2.46. The number of rotatable bonds is 6. The molecule has 0 amide bonds. The third-order valence-electron chi connectivity index (χ3n) is 6.55. The van der Waals surface area contributed by atoms with Crippen LogP contribution in [0.2, 0.25) is 0 Å².